The molecule has 0 unspecified atom stereocenters. The third-order valence-corrected chi connectivity index (χ3v) is 3.65. The van der Waals surface area contributed by atoms with Gasteiger partial charge >= 0.3 is 5.97 Å². The van der Waals surface area contributed by atoms with Crippen LogP contribution in [0.2, 0.25) is 0 Å². The molecule has 134 valence electrons. The Bertz CT molecular complexity index is 518. The van der Waals surface area contributed by atoms with Crippen LogP contribution in [0.3, 0.4) is 0 Å². The summed E-state index contributed by atoms with van der Waals surface area (Å²) in [6.07, 6.45) is 4.55. The third-order valence-electron chi connectivity index (χ3n) is 3.65. The predicted molar refractivity (Wildman–Crippen MR) is 96.3 cm³/mol. The van der Waals surface area contributed by atoms with Crippen LogP contribution in [0, 0.1) is 0 Å². The highest BCUT2D eigenvalue weighted by Gasteiger charge is 2.01. The van der Waals surface area contributed by atoms with Crippen LogP contribution in [0.1, 0.15) is 37.7 Å². The molecule has 0 radical (unpaired) electrons. The predicted octanol–water partition coefficient (Wildman–Crippen LogP) is 2.48. The van der Waals surface area contributed by atoms with Gasteiger partial charge in [0.1, 0.15) is 5.75 Å². The molecule has 0 bridgehead atoms. The summed E-state index contributed by atoms with van der Waals surface area (Å²) < 4.78 is 9.84. The molecule has 6 heteroatoms. The lowest BCUT2D eigenvalue weighted by Crippen LogP contribution is -2.37. The van der Waals surface area contributed by atoms with Gasteiger partial charge in [-0.2, -0.15) is 0 Å². The highest BCUT2D eigenvalue weighted by molar-refractivity contribution is 5.79. The molecule has 6 nitrogen and oxygen atoms in total. The summed E-state index contributed by atoms with van der Waals surface area (Å²) in [5.74, 6) is 1.51. The number of nitrogens with zero attached hydrogens (tertiary/aromatic N) is 1. The quantitative estimate of drug-likeness (QED) is 0.297. The molecule has 0 heterocycles. The van der Waals surface area contributed by atoms with Gasteiger partial charge in [0, 0.05) is 26.6 Å². The summed E-state index contributed by atoms with van der Waals surface area (Å²) in [4.78, 5) is 15.2. The first kappa shape index (κ1) is 19.8. The van der Waals surface area contributed by atoms with Gasteiger partial charge in [0.15, 0.2) is 5.96 Å². The molecule has 1 rings (SSSR count). The number of nitrogens with one attached hydrogen (secondary N) is 2. The molecule has 0 spiro atoms. The van der Waals surface area contributed by atoms with E-state index < -0.39 is 0 Å². The van der Waals surface area contributed by atoms with Gasteiger partial charge in [0.05, 0.1) is 14.2 Å². The first-order valence-corrected chi connectivity index (χ1v) is 8.34. The molecular weight excluding hydrogens is 306 g/mol. The van der Waals surface area contributed by atoms with Crippen LogP contribution in [0.15, 0.2) is 29.3 Å². The second-order valence-corrected chi connectivity index (χ2v) is 5.44. The SMILES string of the molecule is CN=C(NCCCCCCC(=O)OC)NCc1cccc(OC)c1. The van der Waals surface area contributed by atoms with Crippen molar-refractivity contribution in [3.05, 3.63) is 29.8 Å². The van der Waals surface area contributed by atoms with Crippen molar-refractivity contribution in [3.63, 3.8) is 0 Å². The zero-order chi connectivity index (χ0) is 17.6. The number of rotatable bonds is 10. The maximum Gasteiger partial charge on any atom is 0.305 e. The van der Waals surface area contributed by atoms with E-state index in [0.29, 0.717) is 13.0 Å². The summed E-state index contributed by atoms with van der Waals surface area (Å²) in [6, 6.07) is 7.95. The Morgan fingerprint density at radius 1 is 1.12 bits per heavy atom. The third kappa shape index (κ3) is 8.41. The number of carbonyl (C=O) groups is 1. The molecule has 0 atom stereocenters. The fourth-order valence-corrected chi connectivity index (χ4v) is 2.25. The van der Waals surface area contributed by atoms with E-state index in [2.05, 4.69) is 20.4 Å². The van der Waals surface area contributed by atoms with E-state index in [4.69, 9.17) is 4.74 Å². The van der Waals surface area contributed by atoms with E-state index in [1.807, 2.05) is 24.3 Å². The molecule has 0 aliphatic carbocycles. The minimum absolute atomic E-state index is 0.129. The van der Waals surface area contributed by atoms with Crippen molar-refractivity contribution in [3.8, 4) is 5.75 Å². The Hall–Kier alpha value is -2.24. The molecule has 0 fully saturated rings. The number of hydrogen-bond donors (Lipinski definition) is 2. The largest absolute Gasteiger partial charge is 0.497 e. The average Bonchev–Trinajstić information content (AvgIpc) is 2.63. The molecular formula is C18H29N3O3. The average molecular weight is 335 g/mol. The van der Waals surface area contributed by atoms with Crippen LogP contribution in [-0.4, -0.2) is 39.7 Å². The van der Waals surface area contributed by atoms with Gasteiger partial charge in [-0.1, -0.05) is 25.0 Å². The molecule has 0 aromatic heterocycles. The molecule has 1 aromatic carbocycles. The Morgan fingerprint density at radius 3 is 2.62 bits per heavy atom. The molecule has 0 aliphatic heterocycles. The summed E-state index contributed by atoms with van der Waals surface area (Å²) in [5.41, 5.74) is 1.14. The molecule has 0 saturated carbocycles. The van der Waals surface area contributed by atoms with Crippen molar-refractivity contribution in [2.75, 3.05) is 27.8 Å². The topological polar surface area (TPSA) is 72.0 Å². The molecule has 1 aromatic rings. The van der Waals surface area contributed by atoms with Crippen LogP contribution in [-0.2, 0) is 16.1 Å². The van der Waals surface area contributed by atoms with Gasteiger partial charge in [0.2, 0.25) is 0 Å². The first-order valence-electron chi connectivity index (χ1n) is 8.34. The number of carbonyl (C=O) groups excluding carboxylic acids is 1. The van der Waals surface area contributed by atoms with E-state index in [0.717, 1.165) is 49.5 Å². The maximum atomic E-state index is 11.0. The van der Waals surface area contributed by atoms with E-state index in [1.165, 1.54) is 7.11 Å². The molecule has 0 saturated heterocycles. The van der Waals surface area contributed by atoms with Crippen molar-refractivity contribution in [1.82, 2.24) is 10.6 Å². The highest BCUT2D eigenvalue weighted by Crippen LogP contribution is 2.12. The second-order valence-electron chi connectivity index (χ2n) is 5.44. The number of esters is 1. The van der Waals surface area contributed by atoms with Crippen molar-refractivity contribution in [2.45, 2.75) is 38.6 Å². The lowest BCUT2D eigenvalue weighted by Gasteiger charge is -2.12. The van der Waals surface area contributed by atoms with Crippen LogP contribution >= 0.6 is 0 Å². The van der Waals surface area contributed by atoms with Gasteiger partial charge in [-0.05, 0) is 30.5 Å². The van der Waals surface area contributed by atoms with Crippen molar-refractivity contribution in [2.24, 2.45) is 4.99 Å². The van der Waals surface area contributed by atoms with Crippen LogP contribution in [0.25, 0.3) is 0 Å². The van der Waals surface area contributed by atoms with Gasteiger partial charge in [-0.25, -0.2) is 0 Å². The normalized spacial score (nSPS) is 11.0. The summed E-state index contributed by atoms with van der Waals surface area (Å²) >= 11 is 0. The number of unbranched alkanes of at least 4 members (excludes halogenated alkanes) is 3. The van der Waals surface area contributed by atoms with Gasteiger partial charge in [-0.3, -0.25) is 9.79 Å². The number of hydrogen-bond acceptors (Lipinski definition) is 4. The number of benzene rings is 1. The van der Waals surface area contributed by atoms with Crippen LogP contribution in [0.5, 0.6) is 5.75 Å². The number of methoxy groups -OCH3 is 2. The zero-order valence-electron chi connectivity index (χ0n) is 14.9. The maximum absolute atomic E-state index is 11.0. The van der Waals surface area contributed by atoms with E-state index in [-0.39, 0.29) is 5.97 Å². The highest BCUT2D eigenvalue weighted by atomic mass is 16.5. The van der Waals surface area contributed by atoms with E-state index >= 15 is 0 Å². The van der Waals surface area contributed by atoms with Gasteiger partial charge < -0.3 is 20.1 Å². The Balaban J connectivity index is 2.15. The summed E-state index contributed by atoms with van der Waals surface area (Å²) in [7, 11) is 4.85. The fourth-order valence-electron chi connectivity index (χ4n) is 2.25. The lowest BCUT2D eigenvalue weighted by molar-refractivity contribution is -0.140. The smallest absolute Gasteiger partial charge is 0.305 e. The minimum atomic E-state index is -0.129. The van der Waals surface area contributed by atoms with Crippen molar-refractivity contribution >= 4 is 11.9 Å². The molecule has 2 N–H and O–H groups in total. The van der Waals surface area contributed by atoms with Gasteiger partial charge in [0.25, 0.3) is 0 Å². The molecule has 24 heavy (non-hydrogen) atoms. The van der Waals surface area contributed by atoms with Crippen molar-refractivity contribution < 1.29 is 14.3 Å². The lowest BCUT2D eigenvalue weighted by atomic mass is 10.1. The van der Waals surface area contributed by atoms with Crippen LogP contribution in [0.4, 0.5) is 0 Å². The molecule has 0 amide bonds. The number of guanidine groups is 1. The number of ether oxygens (including phenoxy) is 2. The van der Waals surface area contributed by atoms with E-state index in [1.54, 1.807) is 14.2 Å². The molecule has 0 aliphatic rings. The zero-order valence-corrected chi connectivity index (χ0v) is 14.9. The Morgan fingerprint density at radius 2 is 1.92 bits per heavy atom. The fraction of sp³-hybridized carbons (Fsp3) is 0.556. The Labute approximate surface area is 144 Å². The van der Waals surface area contributed by atoms with Crippen molar-refractivity contribution in [1.29, 1.82) is 0 Å². The standard InChI is InChI=1S/C18H29N3O3/c1-19-18(20-12-7-5-4-6-11-17(22)24-3)21-14-15-9-8-10-16(13-15)23-2/h8-10,13H,4-7,11-12,14H2,1-3H3,(H2,19,20,21). The Kier molecular flexibility index (Phi) is 10.1. The number of aliphatic imine (C=N–C) groups is 1. The monoisotopic (exact) mass is 335 g/mol. The summed E-state index contributed by atoms with van der Waals surface area (Å²) in [5, 5.41) is 6.58. The van der Waals surface area contributed by atoms with Crippen LogP contribution < -0.4 is 15.4 Å². The minimum Gasteiger partial charge on any atom is -0.497 e. The first-order chi connectivity index (χ1) is 11.7. The van der Waals surface area contributed by atoms with Gasteiger partial charge in [-0.15, -0.1) is 0 Å². The van der Waals surface area contributed by atoms with E-state index in [9.17, 15) is 4.79 Å². The summed E-state index contributed by atoms with van der Waals surface area (Å²) in [6.45, 7) is 1.55. The second kappa shape index (κ2) is 12.2.